The number of amides is 2. The van der Waals surface area contributed by atoms with Crippen molar-refractivity contribution in [1.29, 1.82) is 0 Å². The van der Waals surface area contributed by atoms with Gasteiger partial charge in [-0.2, -0.15) is 0 Å². The van der Waals surface area contributed by atoms with Gasteiger partial charge in [0.2, 0.25) is 5.91 Å². The van der Waals surface area contributed by atoms with Crippen LogP contribution in [0.2, 0.25) is 5.02 Å². The van der Waals surface area contributed by atoms with Crippen LogP contribution in [0.25, 0.3) is 0 Å². The van der Waals surface area contributed by atoms with E-state index in [4.69, 9.17) is 11.6 Å². The van der Waals surface area contributed by atoms with Gasteiger partial charge in [0.25, 0.3) is 5.91 Å². The van der Waals surface area contributed by atoms with Gasteiger partial charge < -0.3 is 9.80 Å². The van der Waals surface area contributed by atoms with E-state index in [0.29, 0.717) is 6.54 Å². The second-order valence-electron chi connectivity index (χ2n) is 6.28. The van der Waals surface area contributed by atoms with Gasteiger partial charge in [0.1, 0.15) is 12.4 Å². The lowest BCUT2D eigenvalue weighted by atomic mass is 10.1. The van der Waals surface area contributed by atoms with Crippen molar-refractivity contribution in [3.8, 4) is 0 Å². The van der Waals surface area contributed by atoms with Crippen LogP contribution < -0.4 is 4.90 Å². The Hall–Kier alpha value is -2.40. The second-order valence-corrected chi connectivity index (χ2v) is 6.72. The van der Waals surface area contributed by atoms with E-state index >= 15 is 0 Å². The number of nitrogens with zero attached hydrogens (tertiary/aromatic N) is 2. The number of carbonyl (C=O) groups is 2. The first-order chi connectivity index (χ1) is 11.8. The maximum absolute atomic E-state index is 13.5. The number of benzene rings is 2. The average molecular weight is 361 g/mol. The predicted octanol–water partition coefficient (Wildman–Crippen LogP) is 3.67. The van der Waals surface area contributed by atoms with Gasteiger partial charge >= 0.3 is 0 Å². The molecule has 25 heavy (non-hydrogen) atoms. The zero-order chi connectivity index (χ0) is 18.1. The predicted molar refractivity (Wildman–Crippen MR) is 95.4 cm³/mol. The summed E-state index contributed by atoms with van der Waals surface area (Å²) in [6.45, 7) is 4.18. The largest absolute Gasteiger partial charge is 0.325 e. The summed E-state index contributed by atoms with van der Waals surface area (Å²) < 4.78 is 13.5. The fourth-order valence-electron chi connectivity index (χ4n) is 2.94. The lowest BCUT2D eigenvalue weighted by Gasteiger charge is -2.39. The summed E-state index contributed by atoms with van der Waals surface area (Å²) in [7, 11) is 0. The summed E-state index contributed by atoms with van der Waals surface area (Å²) in [6.07, 6.45) is 0. The molecule has 1 saturated heterocycles. The van der Waals surface area contributed by atoms with Gasteiger partial charge in [-0.05, 0) is 44.2 Å². The number of anilines is 1. The lowest BCUT2D eigenvalue weighted by molar-refractivity contribution is -0.121. The molecular weight excluding hydrogens is 343 g/mol. The Kier molecular flexibility index (Phi) is 4.77. The number of piperazine rings is 1. The van der Waals surface area contributed by atoms with E-state index in [9.17, 15) is 14.0 Å². The van der Waals surface area contributed by atoms with E-state index in [1.165, 1.54) is 11.0 Å². The molecule has 0 N–H and O–H groups in total. The standard InChI is InChI=1S/C19H18ClFN2O2/c1-12-3-5-17(6-4-12)23-10-13(2)22(11-18(23)24)19(25)14-7-15(20)9-16(21)8-14/h3-9,13H,10-11H2,1-2H3. The highest BCUT2D eigenvalue weighted by Gasteiger charge is 2.33. The third kappa shape index (κ3) is 3.66. The summed E-state index contributed by atoms with van der Waals surface area (Å²) in [5, 5.41) is 0.153. The van der Waals surface area contributed by atoms with E-state index < -0.39 is 11.7 Å². The van der Waals surface area contributed by atoms with Crippen molar-refractivity contribution in [2.45, 2.75) is 19.9 Å². The van der Waals surface area contributed by atoms with Crippen LogP contribution in [-0.4, -0.2) is 35.8 Å². The smallest absolute Gasteiger partial charge is 0.254 e. The molecule has 0 radical (unpaired) electrons. The van der Waals surface area contributed by atoms with Crippen molar-refractivity contribution >= 4 is 29.1 Å². The number of hydrogen-bond acceptors (Lipinski definition) is 2. The molecule has 0 aromatic heterocycles. The number of carbonyl (C=O) groups excluding carboxylic acids is 2. The molecule has 0 bridgehead atoms. The van der Waals surface area contributed by atoms with Crippen molar-refractivity contribution < 1.29 is 14.0 Å². The lowest BCUT2D eigenvalue weighted by Crippen LogP contribution is -2.57. The molecule has 2 aromatic rings. The maximum Gasteiger partial charge on any atom is 0.254 e. The Bertz CT molecular complexity index is 802. The van der Waals surface area contributed by atoms with Crippen LogP contribution in [0.3, 0.4) is 0 Å². The van der Waals surface area contributed by atoms with Gasteiger partial charge in [-0.1, -0.05) is 29.3 Å². The SMILES string of the molecule is Cc1ccc(N2CC(C)N(C(=O)c3cc(F)cc(Cl)c3)CC2=O)cc1. The number of hydrogen-bond donors (Lipinski definition) is 0. The van der Waals surface area contributed by atoms with Crippen molar-refractivity contribution in [3.05, 3.63) is 64.4 Å². The van der Waals surface area contributed by atoms with Crippen LogP contribution in [0.1, 0.15) is 22.8 Å². The van der Waals surface area contributed by atoms with Crippen LogP contribution in [-0.2, 0) is 4.79 Å². The number of rotatable bonds is 2. The van der Waals surface area contributed by atoms with Gasteiger partial charge in [0, 0.05) is 28.9 Å². The van der Waals surface area contributed by atoms with Crippen molar-refractivity contribution in [2.75, 3.05) is 18.0 Å². The maximum atomic E-state index is 13.5. The first kappa shape index (κ1) is 17.4. The van der Waals surface area contributed by atoms with E-state index in [0.717, 1.165) is 23.4 Å². The van der Waals surface area contributed by atoms with Crippen LogP contribution in [0.15, 0.2) is 42.5 Å². The summed E-state index contributed by atoms with van der Waals surface area (Å²) >= 11 is 5.83. The Labute approximate surface area is 150 Å². The highest BCUT2D eigenvalue weighted by Crippen LogP contribution is 2.23. The summed E-state index contributed by atoms with van der Waals surface area (Å²) in [6, 6.07) is 11.2. The molecule has 1 aliphatic heterocycles. The molecule has 3 rings (SSSR count). The molecule has 1 heterocycles. The highest BCUT2D eigenvalue weighted by molar-refractivity contribution is 6.31. The Morgan fingerprint density at radius 3 is 2.52 bits per heavy atom. The minimum atomic E-state index is -0.576. The Morgan fingerprint density at radius 1 is 1.20 bits per heavy atom. The van der Waals surface area contributed by atoms with Gasteiger partial charge in [0.15, 0.2) is 0 Å². The normalized spacial score (nSPS) is 17.8. The highest BCUT2D eigenvalue weighted by atomic mass is 35.5. The van der Waals surface area contributed by atoms with Crippen molar-refractivity contribution in [1.82, 2.24) is 4.90 Å². The summed E-state index contributed by atoms with van der Waals surface area (Å²) in [5.74, 6) is -1.14. The number of aryl methyl sites for hydroxylation is 1. The first-order valence-corrected chi connectivity index (χ1v) is 8.37. The zero-order valence-corrected chi connectivity index (χ0v) is 14.8. The van der Waals surface area contributed by atoms with Crippen LogP contribution >= 0.6 is 11.6 Å². The Morgan fingerprint density at radius 2 is 1.88 bits per heavy atom. The van der Waals surface area contributed by atoms with Gasteiger partial charge in [-0.15, -0.1) is 0 Å². The third-order valence-electron chi connectivity index (χ3n) is 4.30. The molecule has 0 aliphatic carbocycles. The molecule has 4 nitrogen and oxygen atoms in total. The molecule has 6 heteroatoms. The minimum Gasteiger partial charge on any atom is -0.325 e. The fraction of sp³-hybridized carbons (Fsp3) is 0.263. The molecule has 1 atom stereocenters. The van der Waals surface area contributed by atoms with Gasteiger partial charge in [-0.3, -0.25) is 9.59 Å². The molecule has 2 amide bonds. The third-order valence-corrected chi connectivity index (χ3v) is 4.52. The first-order valence-electron chi connectivity index (χ1n) is 7.99. The van der Waals surface area contributed by atoms with E-state index in [1.807, 2.05) is 38.1 Å². The van der Waals surface area contributed by atoms with Crippen molar-refractivity contribution in [2.24, 2.45) is 0 Å². The van der Waals surface area contributed by atoms with Crippen LogP contribution in [0.4, 0.5) is 10.1 Å². The quantitative estimate of drug-likeness (QED) is 0.820. The van der Waals surface area contributed by atoms with E-state index in [-0.39, 0.29) is 29.1 Å². The van der Waals surface area contributed by atoms with Crippen LogP contribution in [0, 0.1) is 12.7 Å². The zero-order valence-electron chi connectivity index (χ0n) is 14.0. The monoisotopic (exact) mass is 360 g/mol. The van der Waals surface area contributed by atoms with Gasteiger partial charge in [0.05, 0.1) is 0 Å². The molecular formula is C19H18ClFN2O2. The second kappa shape index (κ2) is 6.84. The van der Waals surface area contributed by atoms with Crippen molar-refractivity contribution in [3.63, 3.8) is 0 Å². The summed E-state index contributed by atoms with van der Waals surface area (Å²) in [5.41, 5.74) is 2.07. The van der Waals surface area contributed by atoms with E-state index in [1.54, 1.807) is 4.90 Å². The topological polar surface area (TPSA) is 40.6 Å². The molecule has 0 saturated carbocycles. The van der Waals surface area contributed by atoms with E-state index in [2.05, 4.69) is 0 Å². The molecule has 2 aromatic carbocycles. The van der Waals surface area contributed by atoms with Gasteiger partial charge in [-0.25, -0.2) is 4.39 Å². The molecule has 1 unspecified atom stereocenters. The minimum absolute atomic E-state index is 0.0536. The summed E-state index contributed by atoms with van der Waals surface area (Å²) in [4.78, 5) is 28.3. The molecule has 1 fully saturated rings. The Balaban J connectivity index is 1.81. The average Bonchev–Trinajstić information content (AvgIpc) is 2.56. The number of halogens is 2. The molecule has 1 aliphatic rings. The fourth-order valence-corrected chi connectivity index (χ4v) is 3.16. The van der Waals surface area contributed by atoms with Crippen LogP contribution in [0.5, 0.6) is 0 Å². The molecule has 130 valence electrons. The molecule has 0 spiro atoms.